The van der Waals surface area contributed by atoms with E-state index in [9.17, 15) is 19.5 Å². The number of H-pyrrole nitrogens is 1. The summed E-state index contributed by atoms with van der Waals surface area (Å²) in [6.07, 6.45) is 1.24. The second kappa shape index (κ2) is 10.9. The molecule has 2 heterocycles. The van der Waals surface area contributed by atoms with Crippen LogP contribution >= 0.6 is 11.3 Å². The maximum Gasteiger partial charge on any atom is 0.307 e. The van der Waals surface area contributed by atoms with Crippen molar-refractivity contribution in [2.24, 2.45) is 0 Å². The third-order valence-electron chi connectivity index (χ3n) is 7.34. The van der Waals surface area contributed by atoms with Crippen LogP contribution < -0.4 is 19.8 Å². The molecule has 8 nitrogen and oxygen atoms in total. The van der Waals surface area contributed by atoms with Gasteiger partial charge in [-0.3, -0.25) is 19.4 Å². The fraction of sp³-hybridized carbons (Fsp3) is 0.156. The van der Waals surface area contributed by atoms with Crippen LogP contribution in [0, 0.1) is 0 Å². The van der Waals surface area contributed by atoms with E-state index in [2.05, 4.69) is 10.3 Å². The summed E-state index contributed by atoms with van der Waals surface area (Å²) in [5.74, 6) is 0.249. The zero-order valence-electron chi connectivity index (χ0n) is 22.3. The first-order chi connectivity index (χ1) is 19.9. The standard InChI is InChI=1S/C32H27N3O5S/c1-40-26-14-10-22(17-27-31(38)34-32(39)41-27)25-13-15-28(36)35(29(25)26)18-19-6-11-24(12-7-19)33-30(37)23-9-8-20-4-2-3-5-21(20)16-23/h2-12,14,16,38H,13,15,17-18H2,1H3,(H,33,37)(H,34,39). The van der Waals surface area contributed by atoms with Gasteiger partial charge >= 0.3 is 4.87 Å². The lowest BCUT2D eigenvalue weighted by Crippen LogP contribution is -2.35. The minimum Gasteiger partial charge on any atom is -0.495 e. The molecule has 1 aromatic heterocycles. The van der Waals surface area contributed by atoms with Crippen molar-refractivity contribution in [2.75, 3.05) is 17.3 Å². The van der Waals surface area contributed by atoms with Crippen LogP contribution in [0.5, 0.6) is 11.6 Å². The lowest BCUT2D eigenvalue weighted by molar-refractivity contribution is -0.119. The quantitative estimate of drug-likeness (QED) is 0.237. The van der Waals surface area contributed by atoms with Crippen LogP contribution in [0.25, 0.3) is 10.8 Å². The molecule has 3 N–H and O–H groups in total. The number of thiazole rings is 1. The summed E-state index contributed by atoms with van der Waals surface area (Å²) in [5.41, 5.74) is 4.72. The molecule has 4 aromatic carbocycles. The molecule has 0 bridgehead atoms. The SMILES string of the molecule is COc1ccc(Cc2sc(=O)[nH]c2O)c2c1N(Cc1ccc(NC(=O)c3ccc4ccccc4c3)cc1)C(=O)CC2. The minimum absolute atomic E-state index is 0.0178. The Morgan fingerprint density at radius 2 is 1.78 bits per heavy atom. The predicted molar refractivity (Wildman–Crippen MR) is 160 cm³/mol. The van der Waals surface area contributed by atoms with Crippen molar-refractivity contribution in [3.8, 4) is 11.6 Å². The molecule has 0 fully saturated rings. The molecule has 0 spiro atoms. The lowest BCUT2D eigenvalue weighted by atomic mass is 9.92. The number of rotatable bonds is 7. The molecule has 1 aliphatic heterocycles. The van der Waals surface area contributed by atoms with E-state index in [4.69, 9.17) is 4.74 Å². The van der Waals surface area contributed by atoms with Gasteiger partial charge in [0.05, 0.1) is 24.2 Å². The van der Waals surface area contributed by atoms with Crippen LogP contribution in [0.15, 0.2) is 83.7 Å². The van der Waals surface area contributed by atoms with Crippen LogP contribution in [0.3, 0.4) is 0 Å². The number of aromatic hydroxyl groups is 1. The second-order valence-electron chi connectivity index (χ2n) is 9.91. The molecule has 206 valence electrons. The van der Waals surface area contributed by atoms with Gasteiger partial charge in [-0.25, -0.2) is 0 Å². The fourth-order valence-corrected chi connectivity index (χ4v) is 6.02. The average Bonchev–Trinajstić information content (AvgIpc) is 3.31. The number of hydrogen-bond acceptors (Lipinski definition) is 6. The number of nitrogens with zero attached hydrogens (tertiary/aromatic N) is 1. The van der Waals surface area contributed by atoms with Crippen molar-refractivity contribution in [3.05, 3.63) is 116 Å². The van der Waals surface area contributed by atoms with E-state index < -0.39 is 0 Å². The second-order valence-corrected chi connectivity index (χ2v) is 11.0. The number of ether oxygens (including phenoxy) is 1. The first kappa shape index (κ1) is 26.3. The zero-order valence-corrected chi connectivity index (χ0v) is 23.1. The number of benzene rings is 4. The Labute approximate surface area is 239 Å². The van der Waals surface area contributed by atoms with Crippen molar-refractivity contribution in [1.82, 2.24) is 4.98 Å². The molecule has 2 amide bonds. The minimum atomic E-state index is -0.311. The fourth-order valence-electron chi connectivity index (χ4n) is 5.28. The topological polar surface area (TPSA) is 112 Å². The Morgan fingerprint density at radius 3 is 2.51 bits per heavy atom. The molecule has 0 atom stereocenters. The third kappa shape index (κ3) is 5.31. The number of methoxy groups -OCH3 is 1. The molecule has 5 aromatic rings. The summed E-state index contributed by atoms with van der Waals surface area (Å²) in [6.45, 7) is 0.327. The van der Waals surface area contributed by atoms with E-state index >= 15 is 0 Å². The van der Waals surface area contributed by atoms with Gasteiger partial charge in [-0.05, 0) is 64.2 Å². The van der Waals surface area contributed by atoms with Gasteiger partial charge in [0.15, 0.2) is 0 Å². The first-order valence-electron chi connectivity index (χ1n) is 13.2. The summed E-state index contributed by atoms with van der Waals surface area (Å²) in [4.78, 5) is 42.1. The third-order valence-corrected chi connectivity index (χ3v) is 8.21. The van der Waals surface area contributed by atoms with Gasteiger partial charge in [0.1, 0.15) is 5.75 Å². The predicted octanol–water partition coefficient (Wildman–Crippen LogP) is 5.63. The summed E-state index contributed by atoms with van der Waals surface area (Å²) in [6, 6.07) is 24.7. The number of anilines is 2. The molecular formula is C32H27N3O5S. The van der Waals surface area contributed by atoms with Gasteiger partial charge in [0, 0.05) is 24.1 Å². The molecule has 0 radical (unpaired) electrons. The van der Waals surface area contributed by atoms with Crippen LogP contribution in [-0.2, 0) is 24.2 Å². The molecule has 1 aliphatic rings. The average molecular weight is 566 g/mol. The highest BCUT2D eigenvalue weighted by molar-refractivity contribution is 7.09. The van der Waals surface area contributed by atoms with Crippen LogP contribution in [0.4, 0.5) is 11.4 Å². The maximum absolute atomic E-state index is 13.1. The Morgan fingerprint density at radius 1 is 1.00 bits per heavy atom. The normalized spacial score (nSPS) is 12.8. The molecule has 0 saturated heterocycles. The van der Waals surface area contributed by atoms with E-state index in [1.165, 1.54) is 0 Å². The molecule has 6 rings (SSSR count). The van der Waals surface area contributed by atoms with E-state index in [1.807, 2.05) is 78.9 Å². The van der Waals surface area contributed by atoms with Crippen molar-refractivity contribution in [3.63, 3.8) is 0 Å². The van der Waals surface area contributed by atoms with Gasteiger partial charge in [-0.15, -0.1) is 0 Å². The van der Waals surface area contributed by atoms with E-state index in [1.54, 1.807) is 12.0 Å². The van der Waals surface area contributed by atoms with E-state index in [0.717, 1.165) is 38.8 Å². The summed E-state index contributed by atoms with van der Waals surface area (Å²) in [5, 5.41) is 15.1. The largest absolute Gasteiger partial charge is 0.495 e. The monoisotopic (exact) mass is 565 g/mol. The van der Waals surface area contributed by atoms with Gasteiger partial charge in [-0.1, -0.05) is 59.9 Å². The number of amides is 2. The van der Waals surface area contributed by atoms with Crippen LogP contribution in [0.1, 0.15) is 38.3 Å². The Hall–Kier alpha value is -4.89. The number of carbonyl (C=O) groups excluding carboxylic acids is 2. The van der Waals surface area contributed by atoms with Gasteiger partial charge < -0.3 is 20.1 Å². The first-order valence-corrected chi connectivity index (χ1v) is 14.0. The number of aromatic nitrogens is 1. The van der Waals surface area contributed by atoms with E-state index in [0.29, 0.717) is 53.4 Å². The Kier molecular flexibility index (Phi) is 7.03. The van der Waals surface area contributed by atoms with Crippen molar-refractivity contribution < 1.29 is 19.4 Å². The molecular weight excluding hydrogens is 538 g/mol. The van der Waals surface area contributed by atoms with E-state index in [-0.39, 0.29) is 22.6 Å². The maximum atomic E-state index is 13.1. The smallest absolute Gasteiger partial charge is 0.307 e. The molecule has 9 heteroatoms. The van der Waals surface area contributed by atoms with Gasteiger partial charge in [0.2, 0.25) is 11.8 Å². The molecule has 41 heavy (non-hydrogen) atoms. The van der Waals surface area contributed by atoms with Crippen molar-refractivity contribution in [1.29, 1.82) is 0 Å². The van der Waals surface area contributed by atoms with Crippen molar-refractivity contribution >= 4 is 45.3 Å². The van der Waals surface area contributed by atoms with Crippen LogP contribution in [-0.4, -0.2) is 29.0 Å². The Bertz CT molecular complexity index is 1840. The number of nitrogens with one attached hydrogen (secondary N) is 2. The van der Waals surface area contributed by atoms with Gasteiger partial charge in [-0.2, -0.15) is 0 Å². The number of carbonyl (C=O) groups is 2. The summed E-state index contributed by atoms with van der Waals surface area (Å²) in [7, 11) is 1.57. The van der Waals surface area contributed by atoms with Gasteiger partial charge in [0.25, 0.3) is 5.91 Å². The number of aromatic amines is 1. The molecule has 0 saturated carbocycles. The Balaban J connectivity index is 1.22. The summed E-state index contributed by atoms with van der Waals surface area (Å²) >= 11 is 0.975. The number of hydrogen-bond donors (Lipinski definition) is 3. The zero-order chi connectivity index (χ0) is 28.5. The van der Waals surface area contributed by atoms with Crippen LogP contribution in [0.2, 0.25) is 0 Å². The molecule has 0 aliphatic carbocycles. The summed E-state index contributed by atoms with van der Waals surface area (Å²) < 4.78 is 5.65. The highest BCUT2D eigenvalue weighted by Crippen LogP contribution is 2.41. The molecule has 0 unspecified atom stereocenters. The lowest BCUT2D eigenvalue weighted by Gasteiger charge is -2.32. The van der Waals surface area contributed by atoms with Crippen molar-refractivity contribution in [2.45, 2.75) is 25.8 Å². The number of fused-ring (bicyclic) bond motifs is 2. The highest BCUT2D eigenvalue weighted by Gasteiger charge is 2.30. The highest BCUT2D eigenvalue weighted by atomic mass is 32.1.